The predicted octanol–water partition coefficient (Wildman–Crippen LogP) is 1.58. The molecule has 0 aliphatic rings. The summed E-state index contributed by atoms with van der Waals surface area (Å²) in [6.07, 6.45) is 3.08. The number of nitrogens with one attached hydrogen (secondary N) is 1. The SMILES string of the molecule is C=CCC(Nc1nc(OC)ncc1Cl)C(=O)O. The van der Waals surface area contributed by atoms with Crippen molar-refractivity contribution in [1.29, 1.82) is 0 Å². The Balaban J connectivity index is 2.91. The van der Waals surface area contributed by atoms with Gasteiger partial charge < -0.3 is 15.2 Å². The highest BCUT2D eigenvalue weighted by Crippen LogP contribution is 2.21. The van der Waals surface area contributed by atoms with Gasteiger partial charge in [-0.25, -0.2) is 9.78 Å². The molecule has 0 saturated carbocycles. The first-order valence-corrected chi connectivity index (χ1v) is 5.13. The molecule has 1 atom stereocenters. The Morgan fingerprint density at radius 2 is 2.53 bits per heavy atom. The van der Waals surface area contributed by atoms with Crippen molar-refractivity contribution < 1.29 is 14.6 Å². The normalized spacial score (nSPS) is 11.6. The number of nitrogens with zero attached hydrogens (tertiary/aromatic N) is 2. The Morgan fingerprint density at radius 3 is 3.06 bits per heavy atom. The number of hydrogen-bond acceptors (Lipinski definition) is 5. The zero-order valence-electron chi connectivity index (χ0n) is 9.18. The average molecular weight is 258 g/mol. The van der Waals surface area contributed by atoms with E-state index in [0.717, 1.165) is 0 Å². The van der Waals surface area contributed by atoms with E-state index in [2.05, 4.69) is 21.9 Å². The minimum Gasteiger partial charge on any atom is -0.480 e. The Morgan fingerprint density at radius 1 is 1.82 bits per heavy atom. The summed E-state index contributed by atoms with van der Waals surface area (Å²) in [5.41, 5.74) is 0. The fourth-order valence-corrected chi connectivity index (χ4v) is 1.25. The van der Waals surface area contributed by atoms with Crippen LogP contribution in [0, 0.1) is 0 Å². The zero-order valence-corrected chi connectivity index (χ0v) is 9.94. The van der Waals surface area contributed by atoms with E-state index in [1.54, 1.807) is 0 Å². The third-order valence-corrected chi connectivity index (χ3v) is 2.19. The second kappa shape index (κ2) is 6.05. The van der Waals surface area contributed by atoms with Crippen LogP contribution in [0.4, 0.5) is 5.82 Å². The first-order chi connectivity index (χ1) is 8.08. The van der Waals surface area contributed by atoms with Crippen LogP contribution in [0.5, 0.6) is 6.01 Å². The molecule has 0 fully saturated rings. The second-order valence-electron chi connectivity index (χ2n) is 3.11. The van der Waals surface area contributed by atoms with Gasteiger partial charge in [-0.3, -0.25) is 0 Å². The molecular formula is C10H12ClN3O3. The number of aliphatic carboxylic acids is 1. The summed E-state index contributed by atoms with van der Waals surface area (Å²) < 4.78 is 4.82. The van der Waals surface area contributed by atoms with E-state index in [9.17, 15) is 4.79 Å². The van der Waals surface area contributed by atoms with Crippen LogP contribution in [-0.2, 0) is 4.79 Å². The third-order valence-electron chi connectivity index (χ3n) is 1.92. The summed E-state index contributed by atoms with van der Waals surface area (Å²) in [5, 5.41) is 11.9. The Kier molecular flexibility index (Phi) is 4.71. The molecule has 1 rings (SSSR count). The van der Waals surface area contributed by atoms with Crippen LogP contribution < -0.4 is 10.1 Å². The zero-order chi connectivity index (χ0) is 12.8. The summed E-state index contributed by atoms with van der Waals surface area (Å²) in [7, 11) is 1.41. The van der Waals surface area contributed by atoms with Gasteiger partial charge >= 0.3 is 12.0 Å². The number of anilines is 1. The highest BCUT2D eigenvalue weighted by molar-refractivity contribution is 6.32. The molecule has 17 heavy (non-hydrogen) atoms. The van der Waals surface area contributed by atoms with E-state index >= 15 is 0 Å². The van der Waals surface area contributed by atoms with E-state index in [1.165, 1.54) is 19.4 Å². The van der Waals surface area contributed by atoms with Crippen LogP contribution in [0.1, 0.15) is 6.42 Å². The van der Waals surface area contributed by atoms with E-state index in [0.29, 0.717) is 0 Å². The monoisotopic (exact) mass is 257 g/mol. The summed E-state index contributed by atoms with van der Waals surface area (Å²) >= 11 is 5.84. The summed E-state index contributed by atoms with van der Waals surface area (Å²) in [6, 6.07) is -0.732. The maximum atomic E-state index is 10.9. The number of methoxy groups -OCH3 is 1. The maximum absolute atomic E-state index is 10.9. The van der Waals surface area contributed by atoms with Gasteiger partial charge in [-0.2, -0.15) is 4.98 Å². The van der Waals surface area contributed by atoms with E-state index in [1.807, 2.05) is 0 Å². The molecule has 0 aliphatic heterocycles. The van der Waals surface area contributed by atoms with E-state index in [-0.39, 0.29) is 23.3 Å². The van der Waals surface area contributed by atoms with Gasteiger partial charge in [-0.15, -0.1) is 6.58 Å². The maximum Gasteiger partial charge on any atom is 0.326 e. The lowest BCUT2D eigenvalue weighted by Gasteiger charge is -2.14. The highest BCUT2D eigenvalue weighted by Gasteiger charge is 2.18. The molecule has 1 heterocycles. The summed E-state index contributed by atoms with van der Waals surface area (Å²) in [5.74, 6) is -0.800. The van der Waals surface area contributed by atoms with Gasteiger partial charge in [0.1, 0.15) is 11.1 Å². The van der Waals surface area contributed by atoms with Gasteiger partial charge in [0.25, 0.3) is 0 Å². The number of hydrogen-bond donors (Lipinski definition) is 2. The third kappa shape index (κ3) is 3.60. The lowest BCUT2D eigenvalue weighted by molar-refractivity contribution is -0.137. The van der Waals surface area contributed by atoms with Gasteiger partial charge in [0.05, 0.1) is 13.3 Å². The molecule has 0 bridgehead atoms. The summed E-state index contributed by atoms with van der Waals surface area (Å²) in [6.45, 7) is 3.49. The molecule has 0 aromatic carbocycles. The number of aromatic nitrogens is 2. The average Bonchev–Trinajstić information content (AvgIpc) is 2.31. The van der Waals surface area contributed by atoms with Gasteiger partial charge in [0, 0.05) is 0 Å². The van der Waals surface area contributed by atoms with Crippen LogP contribution >= 0.6 is 11.6 Å². The van der Waals surface area contributed by atoms with Crippen molar-refractivity contribution in [1.82, 2.24) is 9.97 Å². The smallest absolute Gasteiger partial charge is 0.326 e. The molecule has 0 radical (unpaired) electrons. The number of rotatable bonds is 6. The van der Waals surface area contributed by atoms with Crippen molar-refractivity contribution >= 4 is 23.4 Å². The Labute approximate surface area is 103 Å². The quantitative estimate of drug-likeness (QED) is 0.753. The molecule has 1 aromatic heterocycles. The predicted molar refractivity (Wildman–Crippen MR) is 63.5 cm³/mol. The fourth-order valence-electron chi connectivity index (χ4n) is 1.10. The van der Waals surface area contributed by atoms with Crippen LogP contribution in [0.15, 0.2) is 18.9 Å². The number of ether oxygens (including phenoxy) is 1. The van der Waals surface area contributed by atoms with Crippen LogP contribution in [0.25, 0.3) is 0 Å². The molecule has 6 nitrogen and oxygen atoms in total. The molecule has 0 amide bonds. The van der Waals surface area contributed by atoms with Gasteiger partial charge in [-0.05, 0) is 6.42 Å². The molecule has 1 aromatic rings. The molecule has 0 saturated heterocycles. The van der Waals surface area contributed by atoms with Gasteiger partial charge in [-0.1, -0.05) is 17.7 Å². The Hall–Kier alpha value is -1.82. The van der Waals surface area contributed by atoms with Gasteiger partial charge in [0.15, 0.2) is 5.82 Å². The summed E-state index contributed by atoms with van der Waals surface area (Å²) in [4.78, 5) is 18.6. The van der Waals surface area contributed by atoms with Crippen LogP contribution in [0.2, 0.25) is 5.02 Å². The first-order valence-electron chi connectivity index (χ1n) is 4.75. The lowest BCUT2D eigenvalue weighted by atomic mass is 10.2. The number of carbonyl (C=O) groups is 1. The van der Waals surface area contributed by atoms with Gasteiger partial charge in [0.2, 0.25) is 0 Å². The van der Waals surface area contributed by atoms with Crippen LogP contribution in [-0.4, -0.2) is 34.2 Å². The molecular weight excluding hydrogens is 246 g/mol. The van der Waals surface area contributed by atoms with Crippen molar-refractivity contribution in [3.8, 4) is 6.01 Å². The van der Waals surface area contributed by atoms with Crippen LogP contribution in [0.3, 0.4) is 0 Å². The second-order valence-corrected chi connectivity index (χ2v) is 3.52. The molecule has 2 N–H and O–H groups in total. The minimum absolute atomic E-state index is 0.111. The molecule has 1 unspecified atom stereocenters. The number of halogens is 1. The first kappa shape index (κ1) is 13.2. The lowest BCUT2D eigenvalue weighted by Crippen LogP contribution is -2.29. The van der Waals surface area contributed by atoms with E-state index in [4.69, 9.17) is 21.4 Å². The van der Waals surface area contributed by atoms with Crippen molar-refractivity contribution in [2.24, 2.45) is 0 Å². The molecule has 7 heteroatoms. The topological polar surface area (TPSA) is 84.3 Å². The fraction of sp³-hybridized carbons (Fsp3) is 0.300. The minimum atomic E-state index is -1.02. The van der Waals surface area contributed by atoms with Crippen molar-refractivity contribution in [2.45, 2.75) is 12.5 Å². The number of carboxylic acid groups (broad SMARTS) is 1. The number of carboxylic acids is 1. The Bertz CT molecular complexity index is 425. The molecule has 92 valence electrons. The van der Waals surface area contributed by atoms with E-state index < -0.39 is 12.0 Å². The molecule has 0 spiro atoms. The standard InChI is InChI=1S/C10H12ClN3O3/c1-3-4-7(9(15)16)13-8-6(11)5-12-10(14-8)17-2/h3,5,7H,1,4H2,2H3,(H,15,16)(H,12,13,14). The molecule has 0 aliphatic carbocycles. The van der Waals surface area contributed by atoms with Crippen molar-refractivity contribution in [2.75, 3.05) is 12.4 Å². The largest absolute Gasteiger partial charge is 0.480 e. The van der Waals surface area contributed by atoms with Crippen molar-refractivity contribution in [3.05, 3.63) is 23.9 Å². The van der Waals surface area contributed by atoms with Crippen molar-refractivity contribution in [3.63, 3.8) is 0 Å². The highest BCUT2D eigenvalue weighted by atomic mass is 35.5.